The molecule has 0 unspecified atom stereocenters. The summed E-state index contributed by atoms with van der Waals surface area (Å²) in [7, 11) is 0. The molecule has 1 aromatic heterocycles. The van der Waals surface area contributed by atoms with E-state index < -0.39 is 0 Å². The van der Waals surface area contributed by atoms with Crippen LogP contribution in [0.1, 0.15) is 4.88 Å². The molecule has 0 aliphatic heterocycles. The van der Waals surface area contributed by atoms with Crippen LogP contribution in [0, 0.1) is 0 Å². The number of hydrogen-bond acceptors (Lipinski definition) is 2. The number of thiophene rings is 1. The number of nitrogens with one attached hydrogen (secondary N) is 1. The highest BCUT2D eigenvalue weighted by molar-refractivity contribution is 9.11. The topological polar surface area (TPSA) is 12.0 Å². The van der Waals surface area contributed by atoms with E-state index >= 15 is 0 Å². The van der Waals surface area contributed by atoms with Crippen molar-refractivity contribution in [2.75, 3.05) is 5.32 Å². The first-order valence-corrected chi connectivity index (χ1v) is 8.26. The molecule has 17 heavy (non-hydrogen) atoms. The number of anilines is 1. The van der Waals surface area contributed by atoms with Gasteiger partial charge in [0.2, 0.25) is 0 Å². The van der Waals surface area contributed by atoms with Gasteiger partial charge in [-0.05, 0) is 56.1 Å². The summed E-state index contributed by atoms with van der Waals surface area (Å²) in [5, 5.41) is 3.36. The molecule has 0 spiro atoms. The summed E-state index contributed by atoms with van der Waals surface area (Å²) < 4.78 is 3.83. The van der Waals surface area contributed by atoms with Crippen LogP contribution in [0.25, 0.3) is 0 Å². The highest BCUT2D eigenvalue weighted by Gasteiger charge is 2.05. The molecule has 0 amide bonds. The van der Waals surface area contributed by atoms with E-state index in [9.17, 15) is 0 Å². The molecule has 6 heteroatoms. The van der Waals surface area contributed by atoms with Crippen LogP contribution in [-0.4, -0.2) is 0 Å². The molecule has 0 aliphatic rings. The highest BCUT2D eigenvalue weighted by Crippen LogP contribution is 2.33. The van der Waals surface area contributed by atoms with Crippen molar-refractivity contribution in [3.05, 3.63) is 46.9 Å². The van der Waals surface area contributed by atoms with Gasteiger partial charge in [0, 0.05) is 30.5 Å². The Morgan fingerprint density at radius 3 is 2.47 bits per heavy atom. The zero-order chi connectivity index (χ0) is 12.4. The zero-order valence-electron chi connectivity index (χ0n) is 8.44. The van der Waals surface area contributed by atoms with Crippen molar-refractivity contribution in [1.82, 2.24) is 0 Å². The van der Waals surface area contributed by atoms with Crippen LogP contribution in [0.5, 0.6) is 0 Å². The van der Waals surface area contributed by atoms with Crippen molar-refractivity contribution in [2.24, 2.45) is 0 Å². The first-order valence-electron chi connectivity index (χ1n) is 4.69. The van der Waals surface area contributed by atoms with Gasteiger partial charge in [0.25, 0.3) is 0 Å². The summed E-state index contributed by atoms with van der Waals surface area (Å²) >= 11 is 17.9. The van der Waals surface area contributed by atoms with Crippen LogP contribution in [0.2, 0.25) is 4.34 Å². The molecule has 0 saturated carbocycles. The summed E-state index contributed by atoms with van der Waals surface area (Å²) in [6.07, 6.45) is 0. The molecule has 0 radical (unpaired) electrons. The third-order valence-electron chi connectivity index (χ3n) is 2.08. The van der Waals surface area contributed by atoms with E-state index in [1.807, 2.05) is 24.3 Å². The first kappa shape index (κ1) is 13.9. The molecule has 0 aliphatic carbocycles. The van der Waals surface area contributed by atoms with Crippen LogP contribution < -0.4 is 5.32 Å². The Kier molecular flexibility index (Phi) is 4.95. The van der Waals surface area contributed by atoms with Crippen LogP contribution in [-0.2, 0) is 6.54 Å². The minimum Gasteiger partial charge on any atom is -0.379 e. The molecule has 0 atom stereocenters. The molecular weight excluding hydrogens is 453 g/mol. The lowest BCUT2D eigenvalue weighted by Crippen LogP contribution is -1.97. The van der Waals surface area contributed by atoms with Gasteiger partial charge in [-0.3, -0.25) is 0 Å². The van der Waals surface area contributed by atoms with Crippen LogP contribution in [0.15, 0.2) is 37.7 Å². The Morgan fingerprint density at radius 1 is 1.12 bits per heavy atom. The van der Waals surface area contributed by atoms with Crippen LogP contribution >= 0.6 is 70.7 Å². The Bertz CT molecular complexity index is 522. The van der Waals surface area contributed by atoms with Crippen molar-refractivity contribution in [3.8, 4) is 0 Å². The summed E-state index contributed by atoms with van der Waals surface area (Å²) in [6, 6.07) is 8.08. The van der Waals surface area contributed by atoms with Gasteiger partial charge in [-0.15, -0.1) is 11.3 Å². The second kappa shape index (κ2) is 6.06. The molecule has 1 heterocycles. The first-order chi connectivity index (χ1) is 8.06. The predicted octanol–water partition coefficient (Wildman–Crippen LogP) is 6.30. The Labute approximate surface area is 134 Å². The van der Waals surface area contributed by atoms with E-state index in [1.54, 1.807) is 11.3 Å². The minimum absolute atomic E-state index is 0.760. The lowest BCUT2D eigenvalue weighted by Gasteiger charge is -2.07. The number of benzene rings is 1. The van der Waals surface area contributed by atoms with Crippen molar-refractivity contribution in [1.29, 1.82) is 0 Å². The number of halogens is 4. The van der Waals surface area contributed by atoms with Gasteiger partial charge in [-0.1, -0.05) is 27.5 Å². The second-order valence-corrected chi connectivity index (χ2v) is 7.68. The summed E-state index contributed by atoms with van der Waals surface area (Å²) in [5.41, 5.74) is 1.06. The lowest BCUT2D eigenvalue weighted by atomic mass is 10.3. The van der Waals surface area contributed by atoms with Crippen molar-refractivity contribution >= 4 is 76.4 Å². The van der Waals surface area contributed by atoms with E-state index in [0.29, 0.717) is 0 Å². The highest BCUT2D eigenvalue weighted by atomic mass is 79.9. The van der Waals surface area contributed by atoms with Gasteiger partial charge in [0.15, 0.2) is 0 Å². The van der Waals surface area contributed by atoms with Gasteiger partial charge < -0.3 is 5.32 Å². The summed E-state index contributed by atoms with van der Waals surface area (Å²) in [5.74, 6) is 0. The second-order valence-electron chi connectivity index (χ2n) is 3.31. The summed E-state index contributed by atoms with van der Waals surface area (Å²) in [6.45, 7) is 0.760. The predicted molar refractivity (Wildman–Crippen MR) is 86.2 cm³/mol. The quantitative estimate of drug-likeness (QED) is 0.567. The average Bonchev–Trinajstić information content (AvgIpc) is 2.57. The summed E-state index contributed by atoms with van der Waals surface area (Å²) in [4.78, 5) is 1.19. The smallest absolute Gasteiger partial charge is 0.107 e. The minimum atomic E-state index is 0.760. The number of hydrogen-bond donors (Lipinski definition) is 1. The molecule has 0 bridgehead atoms. The molecule has 2 rings (SSSR count). The standard InChI is InChI=1S/C11H7Br3ClNS/c12-6-1-2-10(8(13)3-6)16-5-7-4-9(14)11(15)17-7/h1-4,16H,5H2. The van der Waals surface area contributed by atoms with Gasteiger partial charge in [-0.25, -0.2) is 0 Å². The Morgan fingerprint density at radius 2 is 1.88 bits per heavy atom. The third-order valence-corrected chi connectivity index (χ3v) is 5.70. The van der Waals surface area contributed by atoms with E-state index in [2.05, 4.69) is 53.1 Å². The van der Waals surface area contributed by atoms with Crippen LogP contribution in [0.4, 0.5) is 5.69 Å². The monoisotopic (exact) mass is 457 g/mol. The fourth-order valence-corrected chi connectivity index (χ4v) is 4.21. The average molecular weight is 460 g/mol. The molecule has 1 N–H and O–H groups in total. The Hall–Kier alpha value is 0.450. The van der Waals surface area contributed by atoms with Gasteiger partial charge in [0.05, 0.1) is 0 Å². The molecular formula is C11H7Br3ClNS. The van der Waals surface area contributed by atoms with Gasteiger partial charge in [-0.2, -0.15) is 0 Å². The zero-order valence-corrected chi connectivity index (χ0v) is 14.8. The van der Waals surface area contributed by atoms with Crippen LogP contribution in [0.3, 0.4) is 0 Å². The number of rotatable bonds is 3. The fraction of sp³-hybridized carbons (Fsp3) is 0.0909. The molecule has 1 aromatic carbocycles. The van der Waals surface area contributed by atoms with E-state index in [1.165, 1.54) is 4.88 Å². The van der Waals surface area contributed by atoms with E-state index in [0.717, 1.165) is 30.0 Å². The maximum absolute atomic E-state index is 5.99. The van der Waals surface area contributed by atoms with Gasteiger partial charge in [0.1, 0.15) is 4.34 Å². The van der Waals surface area contributed by atoms with E-state index in [-0.39, 0.29) is 0 Å². The SMILES string of the molecule is Clc1sc(CNc2ccc(Br)cc2Br)cc1Br. The normalized spacial score (nSPS) is 10.6. The van der Waals surface area contributed by atoms with Crippen molar-refractivity contribution in [3.63, 3.8) is 0 Å². The molecule has 90 valence electrons. The molecule has 0 fully saturated rings. The molecule has 1 nitrogen and oxygen atoms in total. The molecule has 0 saturated heterocycles. The molecule has 2 aromatic rings. The van der Waals surface area contributed by atoms with Gasteiger partial charge >= 0.3 is 0 Å². The Balaban J connectivity index is 2.07. The van der Waals surface area contributed by atoms with Crippen molar-refractivity contribution in [2.45, 2.75) is 6.54 Å². The van der Waals surface area contributed by atoms with Crippen molar-refractivity contribution < 1.29 is 0 Å². The lowest BCUT2D eigenvalue weighted by molar-refractivity contribution is 1.19. The third kappa shape index (κ3) is 3.70. The fourth-order valence-electron chi connectivity index (χ4n) is 1.29. The maximum atomic E-state index is 5.99. The largest absolute Gasteiger partial charge is 0.379 e. The maximum Gasteiger partial charge on any atom is 0.107 e. The van der Waals surface area contributed by atoms with E-state index in [4.69, 9.17) is 11.6 Å².